The van der Waals surface area contributed by atoms with E-state index in [1.165, 1.54) is 0 Å². The van der Waals surface area contributed by atoms with E-state index >= 15 is 0 Å². The van der Waals surface area contributed by atoms with E-state index in [9.17, 15) is 9.46 Å². The van der Waals surface area contributed by atoms with Gasteiger partial charge in [0.25, 0.3) is 0 Å². The number of rotatable bonds is 8. The van der Waals surface area contributed by atoms with E-state index in [-0.39, 0.29) is 24.0 Å². The smallest absolute Gasteiger partial charge is 0.302 e. The van der Waals surface area contributed by atoms with Crippen molar-refractivity contribution in [3.05, 3.63) is 0 Å². The van der Waals surface area contributed by atoms with Crippen LogP contribution in [0.5, 0.6) is 0 Å². The van der Waals surface area contributed by atoms with Crippen molar-refractivity contribution in [1.29, 1.82) is 0 Å². The molecule has 0 bridgehead atoms. The molecule has 5 heteroatoms. The summed E-state index contributed by atoms with van der Waals surface area (Å²) in [5.74, 6) is 0.468. The van der Waals surface area contributed by atoms with Crippen molar-refractivity contribution < 1.29 is 18.5 Å². The molecule has 4 unspecified atom stereocenters. The van der Waals surface area contributed by atoms with E-state index in [0.29, 0.717) is 0 Å². The van der Waals surface area contributed by atoms with Crippen molar-refractivity contribution in [1.82, 2.24) is 0 Å². The van der Waals surface area contributed by atoms with Crippen LogP contribution in [0.25, 0.3) is 0 Å². The Morgan fingerprint density at radius 1 is 0.941 bits per heavy atom. The van der Waals surface area contributed by atoms with Crippen molar-refractivity contribution in [3.63, 3.8) is 0 Å². The van der Waals surface area contributed by atoms with E-state index in [2.05, 4.69) is 0 Å². The van der Waals surface area contributed by atoms with Gasteiger partial charge in [-0.15, -0.1) is 0 Å². The molecule has 0 saturated heterocycles. The second kappa shape index (κ2) is 7.52. The average molecular weight is 266 g/mol. The molecule has 0 saturated carbocycles. The second-order valence-corrected chi connectivity index (χ2v) is 6.22. The van der Waals surface area contributed by atoms with Gasteiger partial charge in [-0.2, -0.15) is 0 Å². The summed E-state index contributed by atoms with van der Waals surface area (Å²) >= 11 is 0. The first-order valence-electron chi connectivity index (χ1n) is 6.43. The molecular weight excluding hydrogens is 239 g/mol. The van der Waals surface area contributed by atoms with Gasteiger partial charge in [0.1, 0.15) is 0 Å². The highest BCUT2D eigenvalue weighted by molar-refractivity contribution is 7.47. The highest BCUT2D eigenvalue weighted by Crippen LogP contribution is 2.47. The van der Waals surface area contributed by atoms with Crippen molar-refractivity contribution >= 4 is 7.82 Å². The van der Waals surface area contributed by atoms with Crippen molar-refractivity contribution in [3.8, 4) is 0 Å². The Morgan fingerprint density at radius 2 is 1.24 bits per heavy atom. The maximum absolute atomic E-state index is 11.8. The fraction of sp³-hybridized carbons (Fsp3) is 1.00. The highest BCUT2D eigenvalue weighted by Gasteiger charge is 2.30. The van der Waals surface area contributed by atoms with Crippen LogP contribution >= 0.6 is 7.82 Å². The third kappa shape index (κ3) is 6.56. The van der Waals surface area contributed by atoms with E-state index < -0.39 is 7.82 Å². The summed E-state index contributed by atoms with van der Waals surface area (Å²) in [4.78, 5) is 9.66. The van der Waals surface area contributed by atoms with E-state index in [1.54, 1.807) is 13.8 Å². The van der Waals surface area contributed by atoms with Gasteiger partial charge in [-0.3, -0.25) is 9.05 Å². The molecule has 0 rings (SSSR count). The number of hydrogen-bond donors (Lipinski definition) is 1. The van der Waals surface area contributed by atoms with Crippen LogP contribution < -0.4 is 0 Å². The Morgan fingerprint density at radius 3 is 1.47 bits per heavy atom. The summed E-state index contributed by atoms with van der Waals surface area (Å²) in [5, 5.41) is 0. The lowest BCUT2D eigenvalue weighted by Gasteiger charge is -2.25. The Kier molecular flexibility index (Phi) is 7.57. The zero-order chi connectivity index (χ0) is 13.6. The lowest BCUT2D eigenvalue weighted by atomic mass is 10.0. The molecule has 4 atom stereocenters. The maximum atomic E-state index is 11.8. The molecular formula is C12H27O4P. The molecule has 4 nitrogen and oxygen atoms in total. The van der Waals surface area contributed by atoms with Crippen LogP contribution in [0.3, 0.4) is 0 Å². The SMILES string of the molecule is CCC(C)C(C)OP(=O)(O)OC(C)C(C)CC. The Labute approximate surface area is 105 Å². The predicted octanol–water partition coefficient (Wildman–Crippen LogP) is 3.99. The molecule has 0 amide bonds. The Balaban J connectivity index is 4.33. The topological polar surface area (TPSA) is 55.8 Å². The minimum Gasteiger partial charge on any atom is -0.302 e. The van der Waals surface area contributed by atoms with E-state index in [0.717, 1.165) is 12.8 Å². The Hall–Kier alpha value is 0.110. The maximum Gasteiger partial charge on any atom is 0.472 e. The van der Waals surface area contributed by atoms with Gasteiger partial charge >= 0.3 is 7.82 Å². The molecule has 104 valence electrons. The van der Waals surface area contributed by atoms with Crippen LogP contribution in [0.2, 0.25) is 0 Å². The first kappa shape index (κ1) is 17.1. The number of phosphoric acid groups is 1. The second-order valence-electron chi connectivity index (χ2n) is 4.86. The van der Waals surface area contributed by atoms with Gasteiger partial charge in [-0.05, 0) is 25.7 Å². The third-order valence-corrected chi connectivity index (χ3v) is 4.69. The quantitative estimate of drug-likeness (QED) is 0.675. The molecule has 0 aliphatic heterocycles. The average Bonchev–Trinajstić information content (AvgIpc) is 2.25. The first-order chi connectivity index (χ1) is 7.73. The molecule has 0 spiro atoms. The van der Waals surface area contributed by atoms with Crippen LogP contribution in [-0.4, -0.2) is 17.1 Å². The largest absolute Gasteiger partial charge is 0.472 e. The van der Waals surface area contributed by atoms with E-state index in [4.69, 9.17) is 9.05 Å². The fourth-order valence-electron chi connectivity index (χ4n) is 1.32. The first-order valence-corrected chi connectivity index (χ1v) is 7.92. The normalized spacial score (nSPS) is 22.5. The van der Waals surface area contributed by atoms with Gasteiger partial charge in [0.15, 0.2) is 0 Å². The van der Waals surface area contributed by atoms with Gasteiger partial charge in [0.05, 0.1) is 12.2 Å². The summed E-state index contributed by atoms with van der Waals surface area (Å²) in [6, 6.07) is 0. The molecule has 0 aliphatic rings. The van der Waals surface area contributed by atoms with Crippen LogP contribution in [0.1, 0.15) is 54.4 Å². The number of phosphoric ester groups is 1. The summed E-state index contributed by atoms with van der Waals surface area (Å²) in [7, 11) is -3.94. The molecule has 0 heterocycles. The molecule has 0 radical (unpaired) electrons. The van der Waals surface area contributed by atoms with Gasteiger partial charge in [-0.25, -0.2) is 4.57 Å². The minimum atomic E-state index is -3.94. The lowest BCUT2D eigenvalue weighted by molar-refractivity contribution is 0.0484. The minimum absolute atomic E-state index is 0.234. The summed E-state index contributed by atoms with van der Waals surface area (Å²) in [6.45, 7) is 11.6. The van der Waals surface area contributed by atoms with E-state index in [1.807, 2.05) is 27.7 Å². The van der Waals surface area contributed by atoms with Gasteiger partial charge in [0, 0.05) is 0 Å². The highest BCUT2D eigenvalue weighted by atomic mass is 31.2. The summed E-state index contributed by atoms with van der Waals surface area (Å²) in [6.07, 6.45) is 1.25. The molecule has 0 fully saturated rings. The van der Waals surface area contributed by atoms with Crippen molar-refractivity contribution in [2.75, 3.05) is 0 Å². The fourth-order valence-corrected chi connectivity index (χ4v) is 2.62. The standard InChI is InChI=1S/C12H27O4P/c1-7-9(3)11(5)15-17(13,14)16-12(6)10(4)8-2/h9-12H,7-8H2,1-6H3,(H,13,14). The lowest BCUT2D eigenvalue weighted by Crippen LogP contribution is -2.21. The molecule has 1 N–H and O–H groups in total. The van der Waals surface area contributed by atoms with Crippen LogP contribution in [0, 0.1) is 11.8 Å². The van der Waals surface area contributed by atoms with Gasteiger partial charge in [-0.1, -0.05) is 40.5 Å². The summed E-state index contributed by atoms with van der Waals surface area (Å²) < 4.78 is 22.1. The molecule has 0 aromatic heterocycles. The van der Waals surface area contributed by atoms with Crippen LogP contribution in [-0.2, 0) is 13.6 Å². The van der Waals surface area contributed by atoms with Crippen molar-refractivity contribution in [2.24, 2.45) is 11.8 Å². The third-order valence-electron chi connectivity index (χ3n) is 3.49. The monoisotopic (exact) mass is 266 g/mol. The molecule has 0 aromatic rings. The summed E-state index contributed by atoms with van der Waals surface area (Å²) in [5.41, 5.74) is 0. The molecule has 0 aliphatic carbocycles. The van der Waals surface area contributed by atoms with Crippen LogP contribution in [0.15, 0.2) is 0 Å². The zero-order valence-electron chi connectivity index (χ0n) is 11.8. The zero-order valence-corrected chi connectivity index (χ0v) is 12.7. The molecule has 17 heavy (non-hydrogen) atoms. The van der Waals surface area contributed by atoms with Crippen LogP contribution in [0.4, 0.5) is 0 Å². The predicted molar refractivity (Wildman–Crippen MR) is 69.8 cm³/mol. The number of hydrogen-bond acceptors (Lipinski definition) is 3. The Bertz CT molecular complexity index is 235. The van der Waals surface area contributed by atoms with Gasteiger partial charge < -0.3 is 4.89 Å². The van der Waals surface area contributed by atoms with Gasteiger partial charge in [0.2, 0.25) is 0 Å². The molecule has 0 aromatic carbocycles. The van der Waals surface area contributed by atoms with Crippen molar-refractivity contribution in [2.45, 2.75) is 66.6 Å².